The first-order valence-electron chi connectivity index (χ1n) is 13.9. The number of hydrogen-bond acceptors (Lipinski definition) is 5. The van der Waals surface area contributed by atoms with Gasteiger partial charge in [-0.1, -0.05) is 63.1 Å². The van der Waals surface area contributed by atoms with Crippen molar-refractivity contribution in [1.82, 2.24) is 10.2 Å². The van der Waals surface area contributed by atoms with E-state index in [-0.39, 0.29) is 18.4 Å². The van der Waals surface area contributed by atoms with Crippen LogP contribution in [0.3, 0.4) is 0 Å². The highest BCUT2D eigenvalue weighted by Crippen LogP contribution is 2.38. The Kier molecular flexibility index (Phi) is 9.69. The second kappa shape index (κ2) is 12.9. The van der Waals surface area contributed by atoms with Gasteiger partial charge in [0.1, 0.15) is 0 Å². The molecule has 0 spiro atoms. The number of halogens is 1. The summed E-state index contributed by atoms with van der Waals surface area (Å²) in [5, 5.41) is 7.99. The Morgan fingerprint density at radius 3 is 2.33 bits per heavy atom. The number of nitrogens with one attached hydrogen (secondary N) is 2. The quantitative estimate of drug-likeness (QED) is 0.484. The summed E-state index contributed by atoms with van der Waals surface area (Å²) in [4.78, 5) is 10.5. The molecule has 5 rings (SSSR count). The zero-order chi connectivity index (χ0) is 24.0. The lowest BCUT2D eigenvalue weighted by atomic mass is 9.76. The summed E-state index contributed by atoms with van der Waals surface area (Å²) < 4.78 is 0. The van der Waals surface area contributed by atoms with E-state index in [9.17, 15) is 0 Å². The van der Waals surface area contributed by atoms with Crippen LogP contribution in [0.1, 0.15) is 52.4 Å². The second-order valence-electron chi connectivity index (χ2n) is 10.4. The molecular formula is C30H44ClN5. The van der Waals surface area contributed by atoms with Crippen LogP contribution in [-0.4, -0.2) is 67.0 Å². The molecule has 2 saturated carbocycles. The molecule has 0 bridgehead atoms. The lowest BCUT2D eigenvalue weighted by Crippen LogP contribution is -2.71. The van der Waals surface area contributed by atoms with E-state index in [0.29, 0.717) is 24.2 Å². The highest BCUT2D eigenvalue weighted by molar-refractivity contribution is 5.94. The monoisotopic (exact) mass is 509 g/mol. The summed E-state index contributed by atoms with van der Waals surface area (Å²) in [5.41, 5.74) is 3.93. The van der Waals surface area contributed by atoms with Crippen LogP contribution in [0.25, 0.3) is 0 Å². The molecule has 2 aromatic rings. The van der Waals surface area contributed by atoms with E-state index in [1.54, 1.807) is 0 Å². The van der Waals surface area contributed by atoms with Gasteiger partial charge in [-0.15, -0.1) is 12.4 Å². The highest BCUT2D eigenvalue weighted by atomic mass is 35.5. The van der Waals surface area contributed by atoms with Crippen LogP contribution in [0.15, 0.2) is 65.7 Å². The molecule has 3 fully saturated rings. The smallest absolute Gasteiger partial charge is 0.0658 e. The van der Waals surface area contributed by atoms with Crippen molar-refractivity contribution in [1.29, 1.82) is 0 Å². The van der Waals surface area contributed by atoms with Gasteiger partial charge < -0.3 is 20.4 Å². The van der Waals surface area contributed by atoms with Crippen molar-refractivity contribution < 1.29 is 0 Å². The van der Waals surface area contributed by atoms with E-state index in [1.807, 2.05) is 0 Å². The second-order valence-corrected chi connectivity index (χ2v) is 10.4. The summed E-state index contributed by atoms with van der Waals surface area (Å²) >= 11 is 0. The minimum Gasteiger partial charge on any atom is -0.377 e. The third-order valence-corrected chi connectivity index (χ3v) is 8.44. The number of para-hydroxylation sites is 2. The molecule has 5 nitrogen and oxygen atoms in total. The predicted molar refractivity (Wildman–Crippen MR) is 156 cm³/mol. The van der Waals surface area contributed by atoms with Crippen LogP contribution in [0.4, 0.5) is 11.4 Å². The SMILES string of the molecule is CCN(CC)CCN=C1CC2C(CC1Nc1ccccc1)NC1CCCCC1N2c1ccccc1.Cl. The van der Waals surface area contributed by atoms with Gasteiger partial charge in [0.05, 0.1) is 18.6 Å². The van der Waals surface area contributed by atoms with Gasteiger partial charge in [0.2, 0.25) is 0 Å². The van der Waals surface area contributed by atoms with E-state index in [0.717, 1.165) is 39.0 Å². The van der Waals surface area contributed by atoms with Crippen LogP contribution in [0, 0.1) is 0 Å². The van der Waals surface area contributed by atoms with Crippen molar-refractivity contribution >= 4 is 29.5 Å². The van der Waals surface area contributed by atoms with Gasteiger partial charge in [-0.25, -0.2) is 0 Å². The minimum absolute atomic E-state index is 0. The average molecular weight is 510 g/mol. The molecule has 0 aromatic heterocycles. The van der Waals surface area contributed by atoms with Crippen molar-refractivity contribution in [3.05, 3.63) is 60.7 Å². The van der Waals surface area contributed by atoms with Gasteiger partial charge in [0.15, 0.2) is 0 Å². The third kappa shape index (κ3) is 6.07. The predicted octanol–water partition coefficient (Wildman–Crippen LogP) is 5.62. The molecule has 2 aromatic carbocycles. The third-order valence-electron chi connectivity index (χ3n) is 8.44. The van der Waals surface area contributed by atoms with E-state index in [4.69, 9.17) is 4.99 Å². The minimum atomic E-state index is 0. The molecule has 0 radical (unpaired) electrons. The maximum atomic E-state index is 5.28. The highest BCUT2D eigenvalue weighted by Gasteiger charge is 2.47. The van der Waals surface area contributed by atoms with Crippen molar-refractivity contribution in [2.24, 2.45) is 4.99 Å². The number of piperazine rings is 1. The first-order chi connectivity index (χ1) is 17.3. The van der Waals surface area contributed by atoms with Gasteiger partial charge in [0.25, 0.3) is 0 Å². The summed E-state index contributed by atoms with van der Waals surface area (Å²) in [6.45, 7) is 8.58. The van der Waals surface area contributed by atoms with Gasteiger partial charge in [-0.3, -0.25) is 4.99 Å². The Labute approximate surface area is 224 Å². The molecule has 1 aliphatic heterocycles. The molecule has 3 aliphatic rings. The number of anilines is 2. The first-order valence-corrected chi connectivity index (χ1v) is 13.9. The Bertz CT molecular complexity index is 948. The average Bonchev–Trinajstić information content (AvgIpc) is 2.91. The number of likely N-dealkylation sites (N-methyl/N-ethyl adjacent to an activating group) is 1. The van der Waals surface area contributed by atoms with E-state index >= 15 is 0 Å². The van der Waals surface area contributed by atoms with E-state index < -0.39 is 0 Å². The van der Waals surface area contributed by atoms with E-state index in [1.165, 1.54) is 42.8 Å². The molecule has 6 heteroatoms. The molecule has 196 valence electrons. The van der Waals surface area contributed by atoms with Crippen molar-refractivity contribution in [3.8, 4) is 0 Å². The number of nitrogens with zero attached hydrogens (tertiary/aromatic N) is 3. The summed E-state index contributed by atoms with van der Waals surface area (Å²) in [6, 6.07) is 24.2. The normalized spacial score (nSPS) is 28.8. The van der Waals surface area contributed by atoms with E-state index in [2.05, 4.69) is 94.9 Å². The zero-order valence-electron chi connectivity index (χ0n) is 22.0. The Morgan fingerprint density at radius 1 is 0.917 bits per heavy atom. The zero-order valence-corrected chi connectivity index (χ0v) is 22.8. The van der Waals surface area contributed by atoms with Crippen LogP contribution < -0.4 is 15.5 Å². The van der Waals surface area contributed by atoms with Crippen molar-refractivity contribution in [2.75, 3.05) is 36.4 Å². The van der Waals surface area contributed by atoms with Crippen LogP contribution >= 0.6 is 12.4 Å². The molecular weight excluding hydrogens is 466 g/mol. The van der Waals surface area contributed by atoms with Gasteiger partial charge in [-0.05, 0) is 56.6 Å². The summed E-state index contributed by atoms with van der Waals surface area (Å²) in [6.07, 6.45) is 7.37. The molecule has 5 unspecified atom stereocenters. The number of benzene rings is 2. The van der Waals surface area contributed by atoms with Gasteiger partial charge in [-0.2, -0.15) is 0 Å². The number of aliphatic imine (C=N–C) groups is 1. The Morgan fingerprint density at radius 2 is 1.61 bits per heavy atom. The number of hydrogen-bond donors (Lipinski definition) is 2. The molecule has 2 N–H and O–H groups in total. The summed E-state index contributed by atoms with van der Waals surface area (Å²) in [5.74, 6) is 0. The van der Waals surface area contributed by atoms with Crippen molar-refractivity contribution in [3.63, 3.8) is 0 Å². The summed E-state index contributed by atoms with van der Waals surface area (Å²) in [7, 11) is 0. The molecule has 2 aliphatic carbocycles. The topological polar surface area (TPSA) is 42.9 Å². The van der Waals surface area contributed by atoms with Crippen LogP contribution in [0.5, 0.6) is 0 Å². The fourth-order valence-electron chi connectivity index (χ4n) is 6.59. The van der Waals surface area contributed by atoms with Crippen LogP contribution in [-0.2, 0) is 0 Å². The van der Waals surface area contributed by atoms with Gasteiger partial charge >= 0.3 is 0 Å². The fraction of sp³-hybridized carbons (Fsp3) is 0.567. The van der Waals surface area contributed by atoms with Crippen LogP contribution in [0.2, 0.25) is 0 Å². The lowest BCUT2D eigenvalue weighted by molar-refractivity contribution is 0.193. The molecule has 36 heavy (non-hydrogen) atoms. The van der Waals surface area contributed by atoms with Crippen molar-refractivity contribution in [2.45, 2.75) is 82.6 Å². The number of fused-ring (bicyclic) bond motifs is 2. The largest absolute Gasteiger partial charge is 0.377 e. The standard InChI is InChI=1S/C30H43N5.ClH/c1-3-34(4-2)20-19-31-26-22-30-28(21-27(26)32-23-13-7-5-8-14-23)33-25-17-11-12-18-29(25)35(30)24-15-9-6-10-16-24;/h5-10,13-16,25,27-30,32-33H,3-4,11-12,17-22H2,1-2H3;1H. The van der Waals surface area contributed by atoms with Gasteiger partial charge in [0, 0.05) is 48.2 Å². The lowest BCUT2D eigenvalue weighted by Gasteiger charge is -2.56. The first kappa shape index (κ1) is 27.0. The number of rotatable bonds is 8. The molecule has 0 amide bonds. The maximum Gasteiger partial charge on any atom is 0.0658 e. The fourth-order valence-corrected chi connectivity index (χ4v) is 6.59. The molecule has 1 heterocycles. The Balaban J connectivity index is 0.00000304. The Hall–Kier alpha value is -2.08. The molecule has 5 atom stereocenters. The molecule has 1 saturated heterocycles. The maximum absolute atomic E-state index is 5.28.